The summed E-state index contributed by atoms with van der Waals surface area (Å²) in [6.45, 7) is 3.46. The minimum absolute atomic E-state index is 0.110. The van der Waals surface area contributed by atoms with Crippen LogP contribution >= 0.6 is 0 Å². The van der Waals surface area contributed by atoms with Crippen molar-refractivity contribution in [3.8, 4) is 0 Å². The van der Waals surface area contributed by atoms with Gasteiger partial charge in [0.05, 0.1) is 6.61 Å². The summed E-state index contributed by atoms with van der Waals surface area (Å²) >= 11 is 0. The molecule has 0 saturated carbocycles. The van der Waals surface area contributed by atoms with E-state index in [1.165, 1.54) is 12.8 Å². The zero-order valence-corrected chi connectivity index (χ0v) is 14.3. The Morgan fingerprint density at radius 1 is 1.16 bits per heavy atom. The SMILES string of the molecule is c1ccc(C2(c3nc([C@H]4CN5CCC[C@H]5CO4)no3)CCCO2)cc1. The van der Waals surface area contributed by atoms with E-state index in [1.807, 2.05) is 18.2 Å². The molecule has 0 bridgehead atoms. The lowest BCUT2D eigenvalue weighted by Crippen LogP contribution is -2.42. The van der Waals surface area contributed by atoms with Crippen molar-refractivity contribution in [1.82, 2.24) is 15.0 Å². The molecule has 0 amide bonds. The van der Waals surface area contributed by atoms with Crippen molar-refractivity contribution in [3.63, 3.8) is 0 Å². The number of ether oxygens (including phenoxy) is 2. The summed E-state index contributed by atoms with van der Waals surface area (Å²) in [6.07, 6.45) is 4.22. The Morgan fingerprint density at radius 2 is 2.08 bits per heavy atom. The number of aromatic nitrogens is 2. The topological polar surface area (TPSA) is 60.6 Å². The third-order valence-corrected chi connectivity index (χ3v) is 5.73. The molecule has 6 heteroatoms. The van der Waals surface area contributed by atoms with Crippen LogP contribution < -0.4 is 0 Å². The molecule has 3 saturated heterocycles. The summed E-state index contributed by atoms with van der Waals surface area (Å²) in [4.78, 5) is 7.21. The molecular weight excluding hydrogens is 318 g/mol. The fraction of sp³-hybridized carbons (Fsp3) is 0.579. The van der Waals surface area contributed by atoms with Crippen molar-refractivity contribution >= 4 is 0 Å². The second kappa shape index (κ2) is 6.20. The lowest BCUT2D eigenvalue weighted by molar-refractivity contribution is -0.0548. The molecule has 3 aliphatic rings. The molecule has 0 spiro atoms. The molecule has 3 atom stereocenters. The highest BCUT2D eigenvalue weighted by molar-refractivity contribution is 5.29. The maximum absolute atomic E-state index is 6.14. The van der Waals surface area contributed by atoms with Gasteiger partial charge in [0.15, 0.2) is 5.60 Å². The molecule has 5 rings (SSSR count). The van der Waals surface area contributed by atoms with Crippen molar-refractivity contribution < 1.29 is 14.0 Å². The van der Waals surface area contributed by atoms with E-state index in [-0.39, 0.29) is 6.10 Å². The normalized spacial score (nSPS) is 32.8. The molecule has 3 aliphatic heterocycles. The summed E-state index contributed by atoms with van der Waals surface area (Å²) in [5, 5.41) is 4.25. The van der Waals surface area contributed by atoms with Crippen LogP contribution in [0, 0.1) is 0 Å². The van der Waals surface area contributed by atoms with Gasteiger partial charge in [0.25, 0.3) is 5.89 Å². The van der Waals surface area contributed by atoms with Crippen molar-refractivity contribution in [2.75, 3.05) is 26.3 Å². The average Bonchev–Trinajstić information content (AvgIpc) is 3.41. The number of benzene rings is 1. The highest BCUT2D eigenvalue weighted by atomic mass is 16.5. The zero-order valence-electron chi connectivity index (χ0n) is 14.3. The molecule has 1 aromatic carbocycles. The van der Waals surface area contributed by atoms with Crippen LogP contribution in [0.15, 0.2) is 34.9 Å². The third-order valence-electron chi connectivity index (χ3n) is 5.73. The Bertz CT molecular complexity index is 727. The highest BCUT2D eigenvalue weighted by Gasteiger charge is 2.45. The van der Waals surface area contributed by atoms with E-state index in [0.717, 1.165) is 38.1 Å². The van der Waals surface area contributed by atoms with E-state index in [1.54, 1.807) is 0 Å². The fourth-order valence-corrected chi connectivity index (χ4v) is 4.37. The number of morpholine rings is 1. The molecule has 2 aromatic rings. The maximum atomic E-state index is 6.14. The first-order chi connectivity index (χ1) is 12.4. The van der Waals surface area contributed by atoms with Gasteiger partial charge in [0.1, 0.15) is 6.10 Å². The van der Waals surface area contributed by atoms with Crippen LogP contribution in [0.25, 0.3) is 0 Å². The van der Waals surface area contributed by atoms with Crippen LogP contribution in [-0.2, 0) is 15.1 Å². The molecule has 1 aromatic heterocycles. The second-order valence-corrected chi connectivity index (χ2v) is 7.22. The Kier molecular flexibility index (Phi) is 3.84. The monoisotopic (exact) mass is 341 g/mol. The van der Waals surface area contributed by atoms with Gasteiger partial charge in [-0.1, -0.05) is 35.5 Å². The maximum Gasteiger partial charge on any atom is 0.263 e. The lowest BCUT2D eigenvalue weighted by atomic mass is 9.90. The van der Waals surface area contributed by atoms with E-state index in [9.17, 15) is 0 Å². The predicted molar refractivity (Wildman–Crippen MR) is 90.0 cm³/mol. The summed E-state index contributed by atoms with van der Waals surface area (Å²) in [5.74, 6) is 1.20. The molecule has 0 aliphatic carbocycles. The van der Waals surface area contributed by atoms with Crippen LogP contribution in [0.4, 0.5) is 0 Å². The zero-order chi connectivity index (χ0) is 16.7. The van der Waals surface area contributed by atoms with Crippen LogP contribution in [0.1, 0.15) is 49.1 Å². The number of hydrogen-bond donors (Lipinski definition) is 0. The molecular formula is C19H23N3O3. The van der Waals surface area contributed by atoms with Crippen molar-refractivity contribution in [1.29, 1.82) is 0 Å². The number of hydrogen-bond acceptors (Lipinski definition) is 6. The van der Waals surface area contributed by atoms with Crippen LogP contribution in [0.2, 0.25) is 0 Å². The summed E-state index contributed by atoms with van der Waals surface area (Å²) in [7, 11) is 0. The smallest absolute Gasteiger partial charge is 0.263 e. The van der Waals surface area contributed by atoms with E-state index in [2.05, 4.69) is 22.2 Å². The van der Waals surface area contributed by atoms with Gasteiger partial charge in [-0.2, -0.15) is 4.98 Å². The Morgan fingerprint density at radius 3 is 2.92 bits per heavy atom. The number of rotatable bonds is 3. The molecule has 6 nitrogen and oxygen atoms in total. The number of fused-ring (bicyclic) bond motifs is 1. The summed E-state index contributed by atoms with van der Waals surface area (Å²) in [6, 6.07) is 10.8. The standard InChI is InChI=1S/C19H23N3O3/c1-2-6-14(7-3-1)19(9-5-11-24-19)18-20-17(21-25-18)16-12-22-10-4-8-15(22)13-23-16/h1-3,6-7,15-16H,4-5,8-13H2/t15-,16+,19?/m0/s1. The second-order valence-electron chi connectivity index (χ2n) is 7.22. The Hall–Kier alpha value is -1.76. The Labute approximate surface area is 147 Å². The van der Waals surface area contributed by atoms with E-state index in [4.69, 9.17) is 19.0 Å². The lowest BCUT2D eigenvalue weighted by Gasteiger charge is -2.33. The molecule has 25 heavy (non-hydrogen) atoms. The van der Waals surface area contributed by atoms with E-state index < -0.39 is 5.60 Å². The van der Waals surface area contributed by atoms with Crippen LogP contribution in [0.3, 0.4) is 0 Å². The van der Waals surface area contributed by atoms with Gasteiger partial charge in [0, 0.05) is 19.2 Å². The molecule has 132 valence electrons. The largest absolute Gasteiger partial charge is 0.367 e. The van der Waals surface area contributed by atoms with Gasteiger partial charge in [-0.3, -0.25) is 4.90 Å². The highest BCUT2D eigenvalue weighted by Crippen LogP contribution is 2.42. The van der Waals surface area contributed by atoms with Gasteiger partial charge in [0.2, 0.25) is 5.82 Å². The molecule has 1 unspecified atom stereocenters. The molecule has 0 N–H and O–H groups in total. The summed E-state index contributed by atoms with van der Waals surface area (Å²) in [5.41, 5.74) is 0.462. The van der Waals surface area contributed by atoms with Crippen molar-refractivity contribution in [3.05, 3.63) is 47.6 Å². The molecule has 3 fully saturated rings. The minimum atomic E-state index is -0.614. The van der Waals surface area contributed by atoms with Gasteiger partial charge >= 0.3 is 0 Å². The van der Waals surface area contributed by atoms with Gasteiger partial charge in [-0.05, 0) is 37.8 Å². The Balaban J connectivity index is 1.43. The summed E-state index contributed by atoms with van der Waals surface area (Å²) < 4.78 is 17.8. The van der Waals surface area contributed by atoms with E-state index >= 15 is 0 Å². The predicted octanol–water partition coefficient (Wildman–Crippen LogP) is 2.66. The van der Waals surface area contributed by atoms with Gasteiger partial charge in [-0.15, -0.1) is 0 Å². The fourth-order valence-electron chi connectivity index (χ4n) is 4.37. The third kappa shape index (κ3) is 2.60. The quantitative estimate of drug-likeness (QED) is 0.855. The first kappa shape index (κ1) is 15.5. The van der Waals surface area contributed by atoms with Crippen LogP contribution in [-0.4, -0.2) is 47.4 Å². The average molecular weight is 341 g/mol. The number of nitrogens with zero attached hydrogens (tertiary/aromatic N) is 3. The van der Waals surface area contributed by atoms with Gasteiger partial charge < -0.3 is 14.0 Å². The first-order valence-electron chi connectivity index (χ1n) is 9.24. The van der Waals surface area contributed by atoms with Crippen molar-refractivity contribution in [2.45, 2.75) is 43.4 Å². The van der Waals surface area contributed by atoms with Gasteiger partial charge in [-0.25, -0.2) is 0 Å². The van der Waals surface area contributed by atoms with Crippen LogP contribution in [0.5, 0.6) is 0 Å². The minimum Gasteiger partial charge on any atom is -0.367 e. The van der Waals surface area contributed by atoms with E-state index in [0.29, 0.717) is 24.4 Å². The molecule has 4 heterocycles. The molecule has 0 radical (unpaired) electrons. The first-order valence-corrected chi connectivity index (χ1v) is 9.24. The van der Waals surface area contributed by atoms with Crippen molar-refractivity contribution in [2.24, 2.45) is 0 Å².